The Morgan fingerprint density at radius 1 is 1.35 bits per heavy atom. The van der Waals surface area contributed by atoms with Gasteiger partial charge in [-0.25, -0.2) is 0 Å². The van der Waals surface area contributed by atoms with Gasteiger partial charge in [0.05, 0.1) is 6.61 Å². The molecule has 0 aliphatic heterocycles. The zero-order valence-electron chi connectivity index (χ0n) is 13.4. The van der Waals surface area contributed by atoms with E-state index in [9.17, 15) is 5.11 Å². The van der Waals surface area contributed by atoms with Crippen LogP contribution in [0.3, 0.4) is 0 Å². The molecule has 0 radical (unpaired) electrons. The number of aliphatic hydroxyl groups excluding tert-OH is 1. The van der Waals surface area contributed by atoms with Crippen molar-refractivity contribution < 1.29 is 9.84 Å². The van der Waals surface area contributed by atoms with Crippen LogP contribution in [0.5, 0.6) is 0 Å². The number of hydrogen-bond acceptors (Lipinski definition) is 3. The SMILES string of the molecule is CCCC(C)COCCC1CCCC1(CO)NC1CC1. The molecule has 0 saturated heterocycles. The van der Waals surface area contributed by atoms with E-state index < -0.39 is 0 Å². The highest BCUT2D eigenvalue weighted by Gasteiger charge is 2.44. The van der Waals surface area contributed by atoms with E-state index in [1.165, 1.54) is 38.5 Å². The Labute approximate surface area is 124 Å². The molecule has 0 aromatic carbocycles. The second-order valence-corrected chi connectivity index (χ2v) is 7.08. The third-order valence-electron chi connectivity index (χ3n) is 5.10. The van der Waals surface area contributed by atoms with Crippen LogP contribution in [0, 0.1) is 11.8 Å². The van der Waals surface area contributed by atoms with Crippen LogP contribution in [0.1, 0.15) is 65.2 Å². The number of nitrogens with one attached hydrogen (secondary N) is 1. The first-order valence-corrected chi connectivity index (χ1v) is 8.66. The molecule has 2 fully saturated rings. The van der Waals surface area contributed by atoms with E-state index in [-0.39, 0.29) is 5.54 Å². The van der Waals surface area contributed by atoms with Crippen molar-refractivity contribution >= 4 is 0 Å². The van der Waals surface area contributed by atoms with E-state index in [1.54, 1.807) is 0 Å². The Morgan fingerprint density at radius 2 is 2.15 bits per heavy atom. The van der Waals surface area contributed by atoms with Gasteiger partial charge in [0.1, 0.15) is 0 Å². The normalized spacial score (nSPS) is 31.6. The monoisotopic (exact) mass is 283 g/mol. The Hall–Kier alpha value is -0.120. The molecule has 0 bridgehead atoms. The Morgan fingerprint density at radius 3 is 2.80 bits per heavy atom. The van der Waals surface area contributed by atoms with Crippen LogP contribution in [0.15, 0.2) is 0 Å². The van der Waals surface area contributed by atoms with E-state index >= 15 is 0 Å². The Bertz CT molecular complexity index is 280. The van der Waals surface area contributed by atoms with Crippen molar-refractivity contribution in [1.82, 2.24) is 5.32 Å². The van der Waals surface area contributed by atoms with E-state index in [2.05, 4.69) is 19.2 Å². The maximum Gasteiger partial charge on any atom is 0.0616 e. The van der Waals surface area contributed by atoms with Crippen molar-refractivity contribution in [2.45, 2.75) is 76.8 Å². The number of ether oxygens (including phenoxy) is 1. The largest absolute Gasteiger partial charge is 0.394 e. The van der Waals surface area contributed by atoms with Gasteiger partial charge >= 0.3 is 0 Å². The molecular weight excluding hydrogens is 250 g/mol. The molecule has 2 N–H and O–H groups in total. The minimum Gasteiger partial charge on any atom is -0.394 e. The summed E-state index contributed by atoms with van der Waals surface area (Å²) in [6.45, 7) is 6.54. The summed E-state index contributed by atoms with van der Waals surface area (Å²) < 4.78 is 5.86. The zero-order chi connectivity index (χ0) is 14.4. The fourth-order valence-electron chi connectivity index (χ4n) is 3.73. The highest BCUT2D eigenvalue weighted by Crippen LogP contribution is 2.40. The lowest BCUT2D eigenvalue weighted by atomic mass is 9.85. The first-order valence-electron chi connectivity index (χ1n) is 8.66. The third kappa shape index (κ3) is 4.44. The molecule has 118 valence electrons. The summed E-state index contributed by atoms with van der Waals surface area (Å²) in [4.78, 5) is 0. The van der Waals surface area contributed by atoms with Crippen LogP contribution in [-0.4, -0.2) is 36.5 Å². The van der Waals surface area contributed by atoms with Crippen LogP contribution in [-0.2, 0) is 4.74 Å². The maximum absolute atomic E-state index is 9.88. The summed E-state index contributed by atoms with van der Waals surface area (Å²) in [5, 5.41) is 13.6. The smallest absolute Gasteiger partial charge is 0.0616 e. The van der Waals surface area contributed by atoms with Gasteiger partial charge in [-0.05, 0) is 50.4 Å². The number of hydrogen-bond donors (Lipinski definition) is 2. The van der Waals surface area contributed by atoms with Gasteiger partial charge in [-0.1, -0.05) is 26.7 Å². The third-order valence-corrected chi connectivity index (χ3v) is 5.10. The predicted octanol–water partition coefficient (Wildman–Crippen LogP) is 3.11. The van der Waals surface area contributed by atoms with Crippen LogP contribution >= 0.6 is 0 Å². The van der Waals surface area contributed by atoms with E-state index in [0.717, 1.165) is 26.1 Å². The highest BCUT2D eigenvalue weighted by atomic mass is 16.5. The van der Waals surface area contributed by atoms with Crippen LogP contribution in [0.2, 0.25) is 0 Å². The Kier molecular flexibility index (Phi) is 6.31. The van der Waals surface area contributed by atoms with Crippen molar-refractivity contribution in [3.8, 4) is 0 Å². The van der Waals surface area contributed by atoms with Crippen molar-refractivity contribution in [1.29, 1.82) is 0 Å². The molecule has 3 nitrogen and oxygen atoms in total. The fraction of sp³-hybridized carbons (Fsp3) is 1.00. The summed E-state index contributed by atoms with van der Waals surface area (Å²) in [5.74, 6) is 1.27. The molecule has 3 atom stereocenters. The molecule has 3 unspecified atom stereocenters. The molecule has 0 spiro atoms. The van der Waals surface area contributed by atoms with Gasteiger partial charge in [0.2, 0.25) is 0 Å². The minimum atomic E-state index is -0.000435. The van der Waals surface area contributed by atoms with E-state index in [4.69, 9.17) is 4.74 Å². The van der Waals surface area contributed by atoms with Crippen LogP contribution in [0.4, 0.5) is 0 Å². The lowest BCUT2D eigenvalue weighted by Gasteiger charge is -2.35. The molecule has 20 heavy (non-hydrogen) atoms. The molecule has 0 heterocycles. The zero-order valence-corrected chi connectivity index (χ0v) is 13.4. The lowest BCUT2D eigenvalue weighted by molar-refractivity contribution is 0.0638. The number of aliphatic hydroxyl groups is 1. The van der Waals surface area contributed by atoms with Crippen LogP contribution < -0.4 is 5.32 Å². The summed E-state index contributed by atoms with van der Waals surface area (Å²) in [7, 11) is 0. The topological polar surface area (TPSA) is 41.5 Å². The molecule has 0 aromatic heterocycles. The number of rotatable bonds is 10. The van der Waals surface area contributed by atoms with E-state index in [0.29, 0.717) is 24.5 Å². The first kappa shape index (κ1) is 16.3. The van der Waals surface area contributed by atoms with Gasteiger partial charge in [0.25, 0.3) is 0 Å². The van der Waals surface area contributed by atoms with Gasteiger partial charge in [0.15, 0.2) is 0 Å². The minimum absolute atomic E-state index is 0.000435. The van der Waals surface area contributed by atoms with Crippen molar-refractivity contribution in [2.24, 2.45) is 11.8 Å². The van der Waals surface area contributed by atoms with Gasteiger partial charge in [-0.3, -0.25) is 0 Å². The molecule has 2 aliphatic carbocycles. The predicted molar refractivity (Wildman–Crippen MR) is 82.8 cm³/mol. The average Bonchev–Trinajstić information content (AvgIpc) is 3.15. The molecule has 0 amide bonds. The first-order chi connectivity index (χ1) is 9.70. The Balaban J connectivity index is 1.70. The molecule has 2 rings (SSSR count). The molecule has 3 heteroatoms. The second-order valence-electron chi connectivity index (χ2n) is 7.08. The van der Waals surface area contributed by atoms with Crippen molar-refractivity contribution in [3.63, 3.8) is 0 Å². The van der Waals surface area contributed by atoms with Crippen molar-refractivity contribution in [3.05, 3.63) is 0 Å². The quantitative estimate of drug-likeness (QED) is 0.605. The summed E-state index contributed by atoms with van der Waals surface area (Å²) >= 11 is 0. The average molecular weight is 283 g/mol. The molecular formula is C17H33NO2. The standard InChI is InChI=1S/C17H33NO2/c1-3-5-14(2)12-20-11-9-15-6-4-10-17(15,13-19)18-16-7-8-16/h14-16,18-19H,3-13H2,1-2H3. The highest BCUT2D eigenvalue weighted by molar-refractivity contribution is 5.02. The fourth-order valence-corrected chi connectivity index (χ4v) is 3.73. The van der Waals surface area contributed by atoms with Gasteiger partial charge in [-0.15, -0.1) is 0 Å². The van der Waals surface area contributed by atoms with E-state index in [1.807, 2.05) is 0 Å². The lowest BCUT2D eigenvalue weighted by Crippen LogP contribution is -2.52. The second kappa shape index (κ2) is 7.77. The van der Waals surface area contributed by atoms with Gasteiger partial charge in [0, 0.05) is 24.8 Å². The van der Waals surface area contributed by atoms with Gasteiger partial charge < -0.3 is 15.2 Å². The maximum atomic E-state index is 9.88. The summed E-state index contributed by atoms with van der Waals surface area (Å²) in [6, 6.07) is 0.674. The van der Waals surface area contributed by atoms with Crippen molar-refractivity contribution in [2.75, 3.05) is 19.8 Å². The summed E-state index contributed by atoms with van der Waals surface area (Å²) in [6.07, 6.45) is 9.81. The summed E-state index contributed by atoms with van der Waals surface area (Å²) in [5.41, 5.74) is -0.000435. The molecule has 2 aliphatic rings. The molecule has 0 aromatic rings. The molecule has 2 saturated carbocycles. The van der Waals surface area contributed by atoms with Gasteiger partial charge in [-0.2, -0.15) is 0 Å². The van der Waals surface area contributed by atoms with Crippen LogP contribution in [0.25, 0.3) is 0 Å².